The van der Waals surface area contributed by atoms with E-state index in [0.717, 1.165) is 17.5 Å². The summed E-state index contributed by atoms with van der Waals surface area (Å²) in [6, 6.07) is 17.0. The average molecular weight is 433 g/mol. The Morgan fingerprint density at radius 1 is 1.07 bits per heavy atom. The van der Waals surface area contributed by atoms with E-state index in [1.54, 1.807) is 4.90 Å². The van der Waals surface area contributed by atoms with Crippen molar-refractivity contribution in [1.82, 2.24) is 10.2 Å². The van der Waals surface area contributed by atoms with Crippen molar-refractivity contribution in [3.05, 3.63) is 70.7 Å². The molecule has 0 aliphatic heterocycles. The van der Waals surface area contributed by atoms with Crippen molar-refractivity contribution in [3.8, 4) is 0 Å². The van der Waals surface area contributed by atoms with Crippen LogP contribution in [0.3, 0.4) is 0 Å². The quantitative estimate of drug-likeness (QED) is 0.549. The molecule has 29 heavy (non-hydrogen) atoms. The molecule has 0 spiro atoms. The van der Waals surface area contributed by atoms with E-state index in [-0.39, 0.29) is 11.8 Å². The summed E-state index contributed by atoms with van der Waals surface area (Å²) in [5.41, 5.74) is 2.02. The topological polar surface area (TPSA) is 49.4 Å². The van der Waals surface area contributed by atoms with Crippen LogP contribution >= 0.6 is 23.4 Å². The zero-order chi connectivity index (χ0) is 21.1. The van der Waals surface area contributed by atoms with Crippen molar-refractivity contribution in [2.45, 2.75) is 45.0 Å². The number of halogens is 1. The smallest absolute Gasteiger partial charge is 0.242 e. The molecule has 156 valence electrons. The summed E-state index contributed by atoms with van der Waals surface area (Å²) < 4.78 is 0. The Hall–Kier alpha value is -1.98. The van der Waals surface area contributed by atoms with E-state index in [0.29, 0.717) is 36.0 Å². The third-order valence-corrected chi connectivity index (χ3v) is 5.91. The summed E-state index contributed by atoms with van der Waals surface area (Å²) in [4.78, 5) is 27.5. The highest BCUT2D eigenvalue weighted by atomic mass is 35.5. The van der Waals surface area contributed by atoms with Crippen molar-refractivity contribution in [1.29, 1.82) is 0 Å². The predicted octanol–water partition coefficient (Wildman–Crippen LogP) is 4.91. The second-order valence-electron chi connectivity index (χ2n) is 6.81. The third-order valence-electron chi connectivity index (χ3n) is 4.57. The highest BCUT2D eigenvalue weighted by molar-refractivity contribution is 7.99. The Kier molecular flexibility index (Phi) is 10.1. The maximum Gasteiger partial charge on any atom is 0.242 e. The van der Waals surface area contributed by atoms with Crippen LogP contribution in [0.5, 0.6) is 0 Å². The number of hydrogen-bond acceptors (Lipinski definition) is 3. The first-order chi connectivity index (χ1) is 14.1. The van der Waals surface area contributed by atoms with Gasteiger partial charge in [-0.1, -0.05) is 74.0 Å². The van der Waals surface area contributed by atoms with E-state index in [1.807, 2.05) is 68.4 Å². The van der Waals surface area contributed by atoms with Gasteiger partial charge in [0.2, 0.25) is 11.8 Å². The Bertz CT molecular complexity index is 785. The molecule has 2 aromatic rings. The number of benzene rings is 2. The number of carbonyl (C=O) groups excluding carboxylic acids is 2. The summed E-state index contributed by atoms with van der Waals surface area (Å²) in [7, 11) is 0. The van der Waals surface area contributed by atoms with Crippen molar-refractivity contribution in [3.63, 3.8) is 0 Å². The first-order valence-electron chi connectivity index (χ1n) is 9.99. The van der Waals surface area contributed by atoms with Gasteiger partial charge in [0.25, 0.3) is 0 Å². The van der Waals surface area contributed by atoms with Gasteiger partial charge in [-0.15, -0.1) is 11.8 Å². The fourth-order valence-corrected chi connectivity index (χ4v) is 4.21. The highest BCUT2D eigenvalue weighted by Gasteiger charge is 2.28. The molecule has 0 unspecified atom stereocenters. The molecule has 0 aromatic heterocycles. The van der Waals surface area contributed by atoms with Gasteiger partial charge in [0.15, 0.2) is 0 Å². The van der Waals surface area contributed by atoms with Gasteiger partial charge in [-0.25, -0.2) is 0 Å². The van der Waals surface area contributed by atoms with Crippen LogP contribution in [0, 0.1) is 0 Å². The van der Waals surface area contributed by atoms with Crippen LogP contribution in [-0.2, 0) is 21.9 Å². The molecule has 0 radical (unpaired) electrons. The van der Waals surface area contributed by atoms with Gasteiger partial charge in [0.1, 0.15) is 6.04 Å². The second-order valence-corrected chi connectivity index (χ2v) is 8.20. The highest BCUT2D eigenvalue weighted by Crippen LogP contribution is 2.22. The van der Waals surface area contributed by atoms with Crippen LogP contribution in [-0.4, -0.2) is 35.1 Å². The lowest BCUT2D eigenvalue weighted by Gasteiger charge is -2.30. The zero-order valence-corrected chi connectivity index (χ0v) is 18.6. The minimum absolute atomic E-state index is 0.0376. The van der Waals surface area contributed by atoms with Crippen LogP contribution < -0.4 is 5.32 Å². The maximum absolute atomic E-state index is 13.1. The van der Waals surface area contributed by atoms with E-state index >= 15 is 0 Å². The monoisotopic (exact) mass is 432 g/mol. The minimum atomic E-state index is -0.477. The molecule has 2 rings (SSSR count). The largest absolute Gasteiger partial charge is 0.354 e. The number of carbonyl (C=O) groups is 2. The fraction of sp³-hybridized carbons (Fsp3) is 0.391. The fourth-order valence-electron chi connectivity index (χ4n) is 3.01. The SMILES string of the molecule is CCCNC(=O)[C@@H](CC)N(Cc1ccccc1)C(=O)CSCc1ccccc1Cl. The van der Waals surface area contributed by atoms with Crippen molar-refractivity contribution in [2.24, 2.45) is 0 Å². The molecule has 1 N–H and O–H groups in total. The number of thioether (sulfide) groups is 1. The lowest BCUT2D eigenvalue weighted by atomic mass is 10.1. The second kappa shape index (κ2) is 12.6. The summed E-state index contributed by atoms with van der Waals surface area (Å²) >= 11 is 7.73. The van der Waals surface area contributed by atoms with Crippen LogP contribution in [0.4, 0.5) is 0 Å². The molecule has 1 atom stereocenters. The Balaban J connectivity index is 2.08. The molecule has 0 saturated heterocycles. The molecule has 0 saturated carbocycles. The van der Waals surface area contributed by atoms with Crippen LogP contribution in [0.1, 0.15) is 37.8 Å². The standard InChI is InChI=1S/C23H29ClN2O2S/c1-3-14-25-23(28)21(4-2)26(15-18-10-6-5-7-11-18)22(27)17-29-16-19-12-8-9-13-20(19)24/h5-13,21H,3-4,14-17H2,1-2H3,(H,25,28)/t21-/m1/s1. The molecule has 0 bridgehead atoms. The summed E-state index contributed by atoms with van der Waals surface area (Å²) in [6.07, 6.45) is 1.44. The number of amides is 2. The van der Waals surface area contributed by atoms with Gasteiger partial charge in [-0.05, 0) is 30.0 Å². The van der Waals surface area contributed by atoms with Crippen molar-refractivity contribution in [2.75, 3.05) is 12.3 Å². The summed E-state index contributed by atoms with van der Waals surface area (Å²) in [6.45, 7) is 4.99. The molecule has 0 aliphatic carbocycles. The number of hydrogen-bond donors (Lipinski definition) is 1. The summed E-state index contributed by atoms with van der Waals surface area (Å²) in [5.74, 6) is 0.832. The number of nitrogens with zero attached hydrogens (tertiary/aromatic N) is 1. The van der Waals surface area contributed by atoms with Gasteiger partial charge in [-0.3, -0.25) is 9.59 Å². The van der Waals surface area contributed by atoms with Crippen LogP contribution in [0.2, 0.25) is 5.02 Å². The molecule has 0 heterocycles. The Morgan fingerprint density at radius 2 is 1.76 bits per heavy atom. The Labute approximate surface area is 183 Å². The van der Waals surface area contributed by atoms with Gasteiger partial charge < -0.3 is 10.2 Å². The van der Waals surface area contributed by atoms with Gasteiger partial charge in [0.05, 0.1) is 5.75 Å². The molecular formula is C23H29ClN2O2S. The lowest BCUT2D eigenvalue weighted by molar-refractivity contribution is -0.139. The van der Waals surface area contributed by atoms with Gasteiger partial charge >= 0.3 is 0 Å². The maximum atomic E-state index is 13.1. The average Bonchev–Trinajstić information content (AvgIpc) is 2.74. The molecule has 4 nitrogen and oxygen atoms in total. The van der Waals surface area contributed by atoms with E-state index < -0.39 is 6.04 Å². The predicted molar refractivity (Wildman–Crippen MR) is 122 cm³/mol. The molecule has 2 amide bonds. The van der Waals surface area contributed by atoms with E-state index in [9.17, 15) is 9.59 Å². The van der Waals surface area contributed by atoms with Gasteiger partial charge in [0, 0.05) is 23.9 Å². The van der Waals surface area contributed by atoms with Crippen LogP contribution in [0.15, 0.2) is 54.6 Å². The van der Waals surface area contributed by atoms with Crippen molar-refractivity contribution < 1.29 is 9.59 Å². The number of nitrogens with one attached hydrogen (secondary N) is 1. The zero-order valence-electron chi connectivity index (χ0n) is 17.1. The molecule has 0 aliphatic rings. The first-order valence-corrected chi connectivity index (χ1v) is 11.5. The van der Waals surface area contributed by atoms with Gasteiger partial charge in [-0.2, -0.15) is 0 Å². The Morgan fingerprint density at radius 3 is 2.41 bits per heavy atom. The number of rotatable bonds is 11. The molecule has 6 heteroatoms. The van der Waals surface area contributed by atoms with Crippen molar-refractivity contribution >= 4 is 35.2 Å². The summed E-state index contributed by atoms with van der Waals surface area (Å²) in [5, 5.41) is 3.64. The minimum Gasteiger partial charge on any atom is -0.354 e. The van der Waals surface area contributed by atoms with E-state index in [2.05, 4.69) is 5.32 Å². The molecule has 0 fully saturated rings. The third kappa shape index (κ3) is 7.41. The van der Waals surface area contributed by atoms with Crippen LogP contribution in [0.25, 0.3) is 0 Å². The molecular weight excluding hydrogens is 404 g/mol. The molecule has 2 aromatic carbocycles. The van der Waals surface area contributed by atoms with E-state index in [1.165, 1.54) is 11.8 Å². The lowest BCUT2D eigenvalue weighted by Crippen LogP contribution is -2.49. The van der Waals surface area contributed by atoms with E-state index in [4.69, 9.17) is 11.6 Å². The first kappa shape index (κ1) is 23.3. The normalized spacial score (nSPS) is 11.7.